The molecule has 1 aliphatic heterocycles. The second kappa shape index (κ2) is 6.07. The van der Waals surface area contributed by atoms with Gasteiger partial charge in [-0.05, 0) is 23.8 Å². The number of hydrogen-bond acceptors (Lipinski definition) is 5. The van der Waals surface area contributed by atoms with Crippen molar-refractivity contribution in [3.63, 3.8) is 0 Å². The van der Waals surface area contributed by atoms with E-state index in [0.717, 1.165) is 26.9 Å². The van der Waals surface area contributed by atoms with Crippen molar-refractivity contribution in [1.29, 1.82) is 5.26 Å². The minimum Gasteiger partial charge on any atom is -0.420 e. The first-order chi connectivity index (χ1) is 12.2. The summed E-state index contributed by atoms with van der Waals surface area (Å²) in [4.78, 5) is 4.17. The second-order valence-electron chi connectivity index (χ2n) is 5.54. The van der Waals surface area contributed by atoms with Gasteiger partial charge >= 0.3 is 0 Å². The van der Waals surface area contributed by atoms with Crippen LogP contribution in [-0.4, -0.2) is 15.2 Å². The summed E-state index contributed by atoms with van der Waals surface area (Å²) in [6.45, 7) is 0. The number of halogens is 1. The van der Waals surface area contributed by atoms with Gasteiger partial charge in [-0.15, -0.1) is 5.10 Å². The van der Waals surface area contributed by atoms with E-state index in [1.165, 1.54) is 0 Å². The van der Waals surface area contributed by atoms with Crippen molar-refractivity contribution in [2.24, 2.45) is 5.73 Å². The van der Waals surface area contributed by atoms with Crippen LogP contribution in [0.3, 0.4) is 0 Å². The van der Waals surface area contributed by atoms with E-state index in [0.29, 0.717) is 11.5 Å². The van der Waals surface area contributed by atoms with Crippen LogP contribution in [0.2, 0.25) is 0 Å². The third-order valence-corrected chi connectivity index (χ3v) is 4.62. The number of nitrogens with one attached hydrogen (secondary N) is 1. The number of aromatic amines is 1. The monoisotopic (exact) mass is 393 g/mol. The second-order valence-corrected chi connectivity index (χ2v) is 6.45. The molecule has 0 unspecified atom stereocenters. The highest BCUT2D eigenvalue weighted by Gasteiger charge is 2.35. The molecule has 1 aliphatic rings. The van der Waals surface area contributed by atoms with Crippen molar-refractivity contribution in [2.75, 3.05) is 0 Å². The maximum atomic E-state index is 9.63. The van der Waals surface area contributed by atoms with Gasteiger partial charge in [0.2, 0.25) is 11.8 Å². The van der Waals surface area contributed by atoms with E-state index in [1.54, 1.807) is 12.4 Å². The Bertz CT molecular complexity index is 1000. The zero-order valence-electron chi connectivity index (χ0n) is 12.9. The Hall–Kier alpha value is -3.11. The maximum absolute atomic E-state index is 9.63. The first kappa shape index (κ1) is 15.4. The Kier molecular flexibility index (Phi) is 3.75. The molecular weight excluding hydrogens is 382 g/mol. The number of ether oxygens (including phenoxy) is 1. The molecule has 1 atom stereocenters. The van der Waals surface area contributed by atoms with E-state index in [4.69, 9.17) is 10.5 Å². The van der Waals surface area contributed by atoms with Crippen LogP contribution in [0, 0.1) is 11.3 Å². The summed E-state index contributed by atoms with van der Waals surface area (Å²) < 4.78 is 6.55. The van der Waals surface area contributed by atoms with Gasteiger partial charge < -0.3 is 10.5 Å². The Morgan fingerprint density at radius 2 is 2.04 bits per heavy atom. The molecule has 0 saturated carbocycles. The largest absolute Gasteiger partial charge is 0.420 e. The van der Waals surface area contributed by atoms with E-state index in [2.05, 4.69) is 37.2 Å². The van der Waals surface area contributed by atoms with Gasteiger partial charge in [-0.2, -0.15) is 5.26 Å². The average molecular weight is 394 g/mol. The van der Waals surface area contributed by atoms with Crippen LogP contribution in [0.15, 0.2) is 64.7 Å². The minimum atomic E-state index is -0.389. The molecule has 0 spiro atoms. The number of aromatic nitrogens is 3. The van der Waals surface area contributed by atoms with Crippen LogP contribution in [0.1, 0.15) is 17.0 Å². The number of H-pyrrole nitrogens is 1. The highest BCUT2D eigenvalue weighted by Crippen LogP contribution is 2.45. The van der Waals surface area contributed by atoms with Gasteiger partial charge in [-0.3, -0.25) is 10.1 Å². The summed E-state index contributed by atoms with van der Waals surface area (Å²) in [5.41, 5.74) is 9.66. The lowest BCUT2D eigenvalue weighted by molar-refractivity contribution is 0.379. The van der Waals surface area contributed by atoms with Crippen LogP contribution in [0.25, 0.3) is 11.3 Å². The summed E-state index contributed by atoms with van der Waals surface area (Å²) >= 11 is 3.44. The number of nitrogens with two attached hydrogens (primary N) is 1. The number of nitriles is 1. The van der Waals surface area contributed by atoms with Crippen LogP contribution >= 0.6 is 15.9 Å². The fraction of sp³-hybridized carbons (Fsp3) is 0.0556. The standard InChI is InChI=1S/C18H12BrN5O/c19-12-5-3-10(4-6-12)16-15-14(11-2-1-7-22-9-11)13(8-20)17(21)25-18(15)24-23-16/h1-7,9,14H,21H2,(H,23,24)/t14-/m1/s1. The van der Waals surface area contributed by atoms with Gasteiger partial charge in [0.1, 0.15) is 11.6 Å². The van der Waals surface area contributed by atoms with Crippen LogP contribution in [0.5, 0.6) is 5.88 Å². The molecule has 3 aromatic rings. The van der Waals surface area contributed by atoms with Gasteiger partial charge in [0, 0.05) is 22.4 Å². The molecule has 1 aromatic carbocycles. The molecule has 25 heavy (non-hydrogen) atoms. The lowest BCUT2D eigenvalue weighted by Gasteiger charge is -2.23. The molecule has 0 aliphatic carbocycles. The molecule has 7 heteroatoms. The predicted octanol–water partition coefficient (Wildman–Crippen LogP) is 3.45. The lowest BCUT2D eigenvalue weighted by atomic mass is 9.84. The number of allylic oxidation sites excluding steroid dienone is 1. The number of hydrogen-bond donors (Lipinski definition) is 2. The predicted molar refractivity (Wildman–Crippen MR) is 95.3 cm³/mol. The Morgan fingerprint density at radius 1 is 1.24 bits per heavy atom. The molecular formula is C18H12BrN5O. The number of benzene rings is 1. The summed E-state index contributed by atoms with van der Waals surface area (Å²) in [6, 6.07) is 13.7. The Labute approximate surface area is 152 Å². The Morgan fingerprint density at radius 3 is 2.72 bits per heavy atom. The van der Waals surface area contributed by atoms with Gasteiger partial charge in [0.05, 0.1) is 17.2 Å². The van der Waals surface area contributed by atoms with Crippen LogP contribution in [-0.2, 0) is 0 Å². The first-order valence-corrected chi connectivity index (χ1v) is 8.30. The smallest absolute Gasteiger partial charge is 0.244 e. The molecule has 6 nitrogen and oxygen atoms in total. The van der Waals surface area contributed by atoms with Crippen LogP contribution < -0.4 is 10.5 Å². The zero-order chi connectivity index (χ0) is 17.4. The minimum absolute atomic E-state index is 0.0673. The van der Waals surface area contributed by atoms with Crippen molar-refractivity contribution in [1.82, 2.24) is 15.2 Å². The van der Waals surface area contributed by atoms with Gasteiger partial charge in [0.15, 0.2) is 0 Å². The third kappa shape index (κ3) is 2.57. The molecule has 4 rings (SSSR count). The number of nitrogens with zero attached hydrogens (tertiary/aromatic N) is 3. The first-order valence-electron chi connectivity index (χ1n) is 7.50. The van der Waals surface area contributed by atoms with E-state index < -0.39 is 0 Å². The number of rotatable bonds is 2. The van der Waals surface area contributed by atoms with Gasteiger partial charge in [-0.25, -0.2) is 0 Å². The van der Waals surface area contributed by atoms with Gasteiger partial charge in [0.25, 0.3) is 0 Å². The molecule has 3 heterocycles. The summed E-state index contributed by atoms with van der Waals surface area (Å²) in [5, 5.41) is 16.9. The van der Waals surface area contributed by atoms with E-state index in [-0.39, 0.29) is 11.8 Å². The molecule has 0 saturated heterocycles. The van der Waals surface area contributed by atoms with E-state index in [1.807, 2.05) is 36.4 Å². The van der Waals surface area contributed by atoms with Crippen LogP contribution in [0.4, 0.5) is 0 Å². The molecule has 0 bridgehead atoms. The Balaban J connectivity index is 1.94. The van der Waals surface area contributed by atoms with Crippen molar-refractivity contribution in [3.8, 4) is 23.2 Å². The normalized spacial score (nSPS) is 16.1. The number of pyridine rings is 1. The van der Waals surface area contributed by atoms with Crippen molar-refractivity contribution >= 4 is 15.9 Å². The van der Waals surface area contributed by atoms with E-state index >= 15 is 0 Å². The highest BCUT2D eigenvalue weighted by atomic mass is 79.9. The molecule has 0 amide bonds. The van der Waals surface area contributed by atoms with Crippen molar-refractivity contribution in [3.05, 3.63) is 75.8 Å². The summed E-state index contributed by atoms with van der Waals surface area (Å²) in [6.07, 6.45) is 3.41. The van der Waals surface area contributed by atoms with E-state index in [9.17, 15) is 5.26 Å². The SMILES string of the molecule is N#CC1=C(N)Oc2n[nH]c(-c3ccc(Br)cc3)c2[C@@H]1c1cccnc1. The fourth-order valence-electron chi connectivity index (χ4n) is 2.96. The summed E-state index contributed by atoms with van der Waals surface area (Å²) in [5.74, 6) is 0.0563. The fourth-order valence-corrected chi connectivity index (χ4v) is 3.23. The topological polar surface area (TPSA) is 101 Å². The molecule has 2 aromatic heterocycles. The zero-order valence-corrected chi connectivity index (χ0v) is 14.5. The highest BCUT2D eigenvalue weighted by molar-refractivity contribution is 9.10. The maximum Gasteiger partial charge on any atom is 0.244 e. The van der Waals surface area contributed by atoms with Gasteiger partial charge in [-0.1, -0.05) is 34.1 Å². The molecule has 3 N–H and O–H groups in total. The molecule has 0 radical (unpaired) electrons. The van der Waals surface area contributed by atoms with Crippen molar-refractivity contribution in [2.45, 2.75) is 5.92 Å². The quantitative estimate of drug-likeness (QED) is 0.694. The summed E-state index contributed by atoms with van der Waals surface area (Å²) in [7, 11) is 0. The molecule has 0 fully saturated rings. The average Bonchev–Trinajstić information content (AvgIpc) is 3.05. The lowest BCUT2D eigenvalue weighted by Crippen LogP contribution is -2.21. The third-order valence-electron chi connectivity index (χ3n) is 4.09. The molecule has 122 valence electrons. The van der Waals surface area contributed by atoms with Crippen molar-refractivity contribution < 1.29 is 4.74 Å². The number of fused-ring (bicyclic) bond motifs is 1.